The van der Waals surface area contributed by atoms with Crippen molar-refractivity contribution in [1.29, 1.82) is 0 Å². The highest BCUT2D eigenvalue weighted by Gasteiger charge is 2.19. The van der Waals surface area contributed by atoms with Gasteiger partial charge in [0.05, 0.1) is 5.69 Å². The summed E-state index contributed by atoms with van der Waals surface area (Å²) in [6, 6.07) is 0. The van der Waals surface area contributed by atoms with E-state index in [4.69, 9.17) is 5.11 Å². The first-order chi connectivity index (χ1) is 7.56. The number of hydrogen-bond donors (Lipinski definition) is 2. The molecule has 0 aliphatic heterocycles. The van der Waals surface area contributed by atoms with E-state index in [0.29, 0.717) is 17.1 Å². The van der Waals surface area contributed by atoms with Crippen LogP contribution in [0.25, 0.3) is 0 Å². The Bertz CT molecular complexity index is 361. The highest BCUT2D eigenvalue weighted by atomic mass is 32.1. The van der Waals surface area contributed by atoms with Gasteiger partial charge in [-0.3, -0.25) is 0 Å². The Hall–Kier alpha value is -0.940. The van der Waals surface area contributed by atoms with Gasteiger partial charge in [-0.05, 0) is 18.9 Å². The zero-order chi connectivity index (χ0) is 12.1. The van der Waals surface area contributed by atoms with Crippen LogP contribution in [0.15, 0.2) is 0 Å². The maximum atomic E-state index is 11.0. The largest absolute Gasteiger partial charge is 0.477 e. The van der Waals surface area contributed by atoms with Crippen LogP contribution < -0.4 is 5.32 Å². The molecule has 0 amide bonds. The van der Waals surface area contributed by atoms with E-state index in [2.05, 4.69) is 17.2 Å². The number of carboxylic acid groups (broad SMARTS) is 1. The second-order valence-electron chi connectivity index (χ2n) is 3.96. The molecule has 5 heteroatoms. The average Bonchev–Trinajstić information content (AvgIpc) is 2.62. The van der Waals surface area contributed by atoms with Crippen LogP contribution in [0.4, 0.5) is 0 Å². The summed E-state index contributed by atoms with van der Waals surface area (Å²) in [5.74, 6) is -0.717. The summed E-state index contributed by atoms with van der Waals surface area (Å²) in [6.45, 7) is 7.61. The molecule has 0 spiro atoms. The van der Waals surface area contributed by atoms with Crippen LogP contribution in [0.1, 0.15) is 53.5 Å². The molecule has 0 unspecified atom stereocenters. The maximum Gasteiger partial charge on any atom is 0.347 e. The molecule has 0 aliphatic rings. The molecule has 2 N–H and O–H groups in total. The molecule has 0 aromatic carbocycles. The van der Waals surface area contributed by atoms with E-state index in [-0.39, 0.29) is 5.92 Å². The van der Waals surface area contributed by atoms with Gasteiger partial charge in [0.15, 0.2) is 0 Å². The summed E-state index contributed by atoms with van der Waals surface area (Å²) in [4.78, 5) is 15.8. The quantitative estimate of drug-likeness (QED) is 0.752. The fraction of sp³-hybridized carbons (Fsp3) is 0.636. The molecule has 1 aromatic heterocycles. The zero-order valence-corrected chi connectivity index (χ0v) is 10.7. The average molecular weight is 242 g/mol. The lowest BCUT2D eigenvalue weighted by Crippen LogP contribution is -2.13. The molecule has 1 aromatic rings. The Morgan fingerprint density at radius 1 is 1.56 bits per heavy atom. The molecule has 0 fully saturated rings. The normalized spacial score (nSPS) is 11.0. The predicted molar refractivity (Wildman–Crippen MR) is 65.2 cm³/mol. The molecule has 90 valence electrons. The van der Waals surface area contributed by atoms with Gasteiger partial charge in [0.1, 0.15) is 9.88 Å². The number of hydrogen-bond acceptors (Lipinski definition) is 4. The van der Waals surface area contributed by atoms with Crippen molar-refractivity contribution in [2.24, 2.45) is 0 Å². The molecule has 0 atom stereocenters. The lowest BCUT2D eigenvalue weighted by molar-refractivity contribution is 0.0700. The third-order valence-electron chi connectivity index (χ3n) is 2.14. The van der Waals surface area contributed by atoms with Crippen molar-refractivity contribution < 1.29 is 9.90 Å². The van der Waals surface area contributed by atoms with Crippen LogP contribution in [0.5, 0.6) is 0 Å². The Labute approximate surface area is 99.7 Å². The second kappa shape index (κ2) is 5.96. The van der Waals surface area contributed by atoms with Crippen LogP contribution in [-0.4, -0.2) is 22.6 Å². The van der Waals surface area contributed by atoms with Crippen LogP contribution in [0.3, 0.4) is 0 Å². The summed E-state index contributed by atoms with van der Waals surface area (Å²) in [7, 11) is 0. The van der Waals surface area contributed by atoms with E-state index >= 15 is 0 Å². The molecule has 0 bridgehead atoms. The van der Waals surface area contributed by atoms with Gasteiger partial charge in [-0.25, -0.2) is 9.78 Å². The molecule has 16 heavy (non-hydrogen) atoms. The first kappa shape index (κ1) is 13.1. The van der Waals surface area contributed by atoms with Gasteiger partial charge in [0.2, 0.25) is 0 Å². The van der Waals surface area contributed by atoms with Crippen molar-refractivity contribution in [2.45, 2.75) is 39.7 Å². The predicted octanol–water partition coefficient (Wildman–Crippen LogP) is 2.46. The molecule has 0 aliphatic carbocycles. The van der Waals surface area contributed by atoms with Crippen LogP contribution in [0.2, 0.25) is 0 Å². The van der Waals surface area contributed by atoms with Crippen molar-refractivity contribution in [3.63, 3.8) is 0 Å². The maximum absolute atomic E-state index is 11.0. The minimum atomic E-state index is -0.872. The first-order valence-corrected chi connectivity index (χ1v) is 6.31. The summed E-state index contributed by atoms with van der Waals surface area (Å²) >= 11 is 1.27. The van der Waals surface area contributed by atoms with Gasteiger partial charge in [-0.1, -0.05) is 20.8 Å². The summed E-state index contributed by atoms with van der Waals surface area (Å²) in [5.41, 5.74) is 0.700. The number of carboxylic acids is 1. The molecule has 4 nitrogen and oxygen atoms in total. The molecule has 0 saturated heterocycles. The lowest BCUT2D eigenvalue weighted by Gasteiger charge is -2.00. The standard InChI is InChI=1S/C11H18N2O2S/c1-4-5-12-6-8-13-9(7(2)3)10(16-8)11(14)15/h7,12H,4-6H2,1-3H3,(H,14,15). The smallest absolute Gasteiger partial charge is 0.347 e. The van der Waals surface area contributed by atoms with Gasteiger partial charge in [0, 0.05) is 6.54 Å². The highest BCUT2D eigenvalue weighted by Crippen LogP contribution is 2.25. The molecule has 1 rings (SSSR count). The lowest BCUT2D eigenvalue weighted by atomic mass is 10.1. The number of rotatable bonds is 6. The third-order valence-corrected chi connectivity index (χ3v) is 3.20. The highest BCUT2D eigenvalue weighted by molar-refractivity contribution is 7.13. The number of carbonyl (C=O) groups is 1. The first-order valence-electron chi connectivity index (χ1n) is 5.49. The fourth-order valence-electron chi connectivity index (χ4n) is 1.37. The number of aromatic carboxylic acids is 1. The summed E-state index contributed by atoms with van der Waals surface area (Å²) in [5, 5.41) is 13.1. The summed E-state index contributed by atoms with van der Waals surface area (Å²) in [6.07, 6.45) is 1.06. The zero-order valence-electron chi connectivity index (χ0n) is 9.91. The summed E-state index contributed by atoms with van der Waals surface area (Å²) < 4.78 is 0. The number of nitrogens with one attached hydrogen (secondary N) is 1. The van der Waals surface area contributed by atoms with E-state index < -0.39 is 5.97 Å². The van der Waals surface area contributed by atoms with E-state index in [1.54, 1.807) is 0 Å². The van der Waals surface area contributed by atoms with Crippen molar-refractivity contribution in [1.82, 2.24) is 10.3 Å². The van der Waals surface area contributed by atoms with Crippen molar-refractivity contribution in [2.75, 3.05) is 6.54 Å². The third kappa shape index (κ3) is 3.28. The minimum Gasteiger partial charge on any atom is -0.477 e. The van der Waals surface area contributed by atoms with Gasteiger partial charge >= 0.3 is 5.97 Å². The monoisotopic (exact) mass is 242 g/mol. The Morgan fingerprint density at radius 3 is 2.69 bits per heavy atom. The Morgan fingerprint density at radius 2 is 2.25 bits per heavy atom. The van der Waals surface area contributed by atoms with E-state index in [1.165, 1.54) is 11.3 Å². The second-order valence-corrected chi connectivity index (χ2v) is 5.04. The van der Waals surface area contributed by atoms with Crippen LogP contribution >= 0.6 is 11.3 Å². The number of aromatic nitrogens is 1. The topological polar surface area (TPSA) is 62.2 Å². The number of thiazole rings is 1. The van der Waals surface area contributed by atoms with Crippen molar-refractivity contribution >= 4 is 17.3 Å². The van der Waals surface area contributed by atoms with Crippen LogP contribution in [0, 0.1) is 0 Å². The van der Waals surface area contributed by atoms with Gasteiger partial charge < -0.3 is 10.4 Å². The molecular weight excluding hydrogens is 224 g/mol. The van der Waals surface area contributed by atoms with Gasteiger partial charge in [0.25, 0.3) is 0 Å². The van der Waals surface area contributed by atoms with E-state index in [9.17, 15) is 4.79 Å². The van der Waals surface area contributed by atoms with Crippen molar-refractivity contribution in [3.05, 3.63) is 15.6 Å². The SMILES string of the molecule is CCCNCc1nc(C(C)C)c(C(=O)O)s1. The van der Waals surface area contributed by atoms with Gasteiger partial charge in [-0.2, -0.15) is 0 Å². The molecule has 0 radical (unpaired) electrons. The Balaban J connectivity index is 2.80. The van der Waals surface area contributed by atoms with Gasteiger partial charge in [-0.15, -0.1) is 11.3 Å². The molecular formula is C11H18N2O2S. The molecule has 0 saturated carbocycles. The van der Waals surface area contributed by atoms with Crippen LogP contribution in [-0.2, 0) is 6.54 Å². The number of nitrogens with zero attached hydrogens (tertiary/aromatic N) is 1. The fourth-order valence-corrected chi connectivity index (χ4v) is 2.40. The molecule has 1 heterocycles. The Kier molecular flexibility index (Phi) is 4.89. The van der Waals surface area contributed by atoms with E-state index in [1.807, 2.05) is 13.8 Å². The van der Waals surface area contributed by atoms with E-state index in [0.717, 1.165) is 18.0 Å². The minimum absolute atomic E-state index is 0.155. The van der Waals surface area contributed by atoms with Crippen molar-refractivity contribution in [3.8, 4) is 0 Å².